The van der Waals surface area contributed by atoms with E-state index in [2.05, 4.69) is 10.0 Å². The molecule has 0 saturated carbocycles. The fourth-order valence-electron chi connectivity index (χ4n) is 4.36. The highest BCUT2D eigenvalue weighted by atomic mass is 32.2. The monoisotopic (exact) mass is 506 g/mol. The maximum atomic E-state index is 13.2. The lowest BCUT2D eigenvalue weighted by Gasteiger charge is -2.32. The number of nitrogen functional groups attached to an aromatic ring is 1. The summed E-state index contributed by atoms with van der Waals surface area (Å²) in [6, 6.07) is 18.8. The summed E-state index contributed by atoms with van der Waals surface area (Å²) >= 11 is 0. The van der Waals surface area contributed by atoms with Gasteiger partial charge in [-0.05, 0) is 85.3 Å². The number of likely N-dealkylation sites (tertiary alicyclic amines) is 1. The number of aryl methyl sites for hydroxylation is 1. The Labute approximate surface area is 211 Å². The smallest absolute Gasteiger partial charge is 0.261 e. The van der Waals surface area contributed by atoms with E-state index in [-0.39, 0.29) is 16.7 Å². The molecule has 1 heterocycles. The number of anilines is 3. The van der Waals surface area contributed by atoms with E-state index in [9.17, 15) is 18.0 Å². The average Bonchev–Trinajstić information content (AvgIpc) is 2.85. The molecule has 1 saturated heterocycles. The van der Waals surface area contributed by atoms with Gasteiger partial charge >= 0.3 is 0 Å². The molecule has 4 N–H and O–H groups in total. The van der Waals surface area contributed by atoms with Gasteiger partial charge in [0.2, 0.25) is 5.91 Å². The molecule has 36 heavy (non-hydrogen) atoms. The Balaban J connectivity index is 1.45. The van der Waals surface area contributed by atoms with Crippen LogP contribution in [0.5, 0.6) is 0 Å². The van der Waals surface area contributed by atoms with Crippen LogP contribution in [-0.2, 0) is 14.8 Å². The second-order valence-electron chi connectivity index (χ2n) is 9.07. The zero-order valence-electron chi connectivity index (χ0n) is 20.3. The molecule has 3 aromatic carbocycles. The predicted octanol–water partition coefficient (Wildman–Crippen LogP) is 4.36. The minimum absolute atomic E-state index is 0.0532. The quantitative estimate of drug-likeness (QED) is 0.429. The van der Waals surface area contributed by atoms with Crippen molar-refractivity contribution >= 4 is 38.9 Å². The van der Waals surface area contributed by atoms with Crippen molar-refractivity contribution in [1.29, 1.82) is 0 Å². The number of piperidine rings is 1. The predicted molar refractivity (Wildman–Crippen MR) is 141 cm³/mol. The molecule has 3 aromatic rings. The highest BCUT2D eigenvalue weighted by Crippen LogP contribution is 2.30. The van der Waals surface area contributed by atoms with Gasteiger partial charge in [-0.1, -0.05) is 18.2 Å². The lowest BCUT2D eigenvalue weighted by molar-refractivity contribution is -0.114. The van der Waals surface area contributed by atoms with Crippen LogP contribution in [0.1, 0.15) is 47.2 Å². The number of hydrogen-bond donors (Lipinski definition) is 3. The summed E-state index contributed by atoms with van der Waals surface area (Å²) in [4.78, 5) is 26.3. The van der Waals surface area contributed by atoms with E-state index in [1.54, 1.807) is 25.1 Å². The molecular formula is C27H30N4O4S. The molecule has 4 rings (SSSR count). The molecule has 0 aliphatic carbocycles. The Morgan fingerprint density at radius 3 is 2.19 bits per heavy atom. The van der Waals surface area contributed by atoms with Crippen LogP contribution in [0, 0.1) is 6.92 Å². The van der Waals surface area contributed by atoms with Crippen molar-refractivity contribution in [2.24, 2.45) is 0 Å². The lowest BCUT2D eigenvalue weighted by Crippen LogP contribution is -2.38. The molecule has 8 nitrogen and oxygen atoms in total. The number of nitrogens with two attached hydrogens (primary N) is 1. The number of rotatable bonds is 6. The maximum Gasteiger partial charge on any atom is 0.261 e. The molecule has 1 fully saturated rings. The van der Waals surface area contributed by atoms with E-state index in [1.807, 2.05) is 29.2 Å². The van der Waals surface area contributed by atoms with Crippen LogP contribution in [0.4, 0.5) is 17.1 Å². The molecule has 0 bridgehead atoms. The summed E-state index contributed by atoms with van der Waals surface area (Å²) in [6.07, 6.45) is 1.71. The SMILES string of the molecule is CC(=O)Nc1ccc(S(=O)(=O)Nc2cc(C(=O)N3CCC(c4ccc(N)cc4)CC3)ccc2C)cc1. The van der Waals surface area contributed by atoms with E-state index in [0.717, 1.165) is 18.5 Å². The Morgan fingerprint density at radius 1 is 0.944 bits per heavy atom. The molecule has 188 valence electrons. The van der Waals surface area contributed by atoms with Crippen molar-refractivity contribution in [3.63, 3.8) is 0 Å². The molecule has 2 amide bonds. The van der Waals surface area contributed by atoms with Crippen LogP contribution in [0.25, 0.3) is 0 Å². The standard InChI is InChI=1S/C27H30N4O4S/c1-18-3-4-22(27(33)31-15-13-21(14-16-31)20-5-7-23(28)8-6-20)17-26(18)30-36(34,35)25-11-9-24(10-12-25)29-19(2)32/h3-12,17,21,30H,13-16,28H2,1-2H3,(H,29,32). The van der Waals surface area contributed by atoms with E-state index in [1.165, 1.54) is 36.8 Å². The number of nitrogens with one attached hydrogen (secondary N) is 2. The molecule has 1 aliphatic rings. The number of nitrogens with zero attached hydrogens (tertiary/aromatic N) is 1. The fourth-order valence-corrected chi connectivity index (χ4v) is 5.48. The van der Waals surface area contributed by atoms with Crippen LogP contribution in [0.15, 0.2) is 71.6 Å². The first-order valence-electron chi connectivity index (χ1n) is 11.8. The van der Waals surface area contributed by atoms with Crippen LogP contribution >= 0.6 is 0 Å². The van der Waals surface area contributed by atoms with E-state index in [4.69, 9.17) is 5.73 Å². The van der Waals surface area contributed by atoms with Crippen LogP contribution in [-0.4, -0.2) is 38.2 Å². The maximum absolute atomic E-state index is 13.2. The summed E-state index contributed by atoms with van der Waals surface area (Å²) < 4.78 is 28.5. The van der Waals surface area contributed by atoms with Crippen molar-refractivity contribution in [2.45, 2.75) is 37.5 Å². The van der Waals surface area contributed by atoms with Crippen molar-refractivity contribution in [3.8, 4) is 0 Å². The molecule has 9 heteroatoms. The summed E-state index contributed by atoms with van der Waals surface area (Å²) in [5.41, 5.74) is 9.75. The third-order valence-corrected chi connectivity index (χ3v) is 7.79. The normalized spacial score (nSPS) is 14.3. The lowest BCUT2D eigenvalue weighted by atomic mass is 9.89. The third kappa shape index (κ3) is 5.85. The highest BCUT2D eigenvalue weighted by molar-refractivity contribution is 7.92. The topological polar surface area (TPSA) is 122 Å². The van der Waals surface area contributed by atoms with Crippen molar-refractivity contribution < 1.29 is 18.0 Å². The van der Waals surface area contributed by atoms with Crippen LogP contribution < -0.4 is 15.8 Å². The van der Waals surface area contributed by atoms with Gasteiger partial charge in [0.05, 0.1) is 10.6 Å². The van der Waals surface area contributed by atoms with Gasteiger partial charge < -0.3 is 16.0 Å². The van der Waals surface area contributed by atoms with Crippen LogP contribution in [0.3, 0.4) is 0 Å². The third-order valence-electron chi connectivity index (χ3n) is 6.40. The number of hydrogen-bond acceptors (Lipinski definition) is 5. The number of benzene rings is 3. The number of carbonyl (C=O) groups excluding carboxylic acids is 2. The van der Waals surface area contributed by atoms with E-state index in [0.29, 0.717) is 41.5 Å². The summed E-state index contributed by atoms with van der Waals surface area (Å²) in [6.45, 7) is 4.42. The van der Waals surface area contributed by atoms with Crippen molar-refractivity contribution in [2.75, 3.05) is 28.9 Å². The molecule has 0 atom stereocenters. The van der Waals surface area contributed by atoms with Gasteiger partial charge in [0.15, 0.2) is 0 Å². The van der Waals surface area contributed by atoms with Gasteiger partial charge in [-0.25, -0.2) is 8.42 Å². The summed E-state index contributed by atoms with van der Waals surface area (Å²) in [7, 11) is -3.89. The minimum atomic E-state index is -3.89. The van der Waals surface area contributed by atoms with E-state index < -0.39 is 10.0 Å². The van der Waals surface area contributed by atoms with Crippen LogP contribution in [0.2, 0.25) is 0 Å². The summed E-state index contributed by atoms with van der Waals surface area (Å²) in [5.74, 6) is 0.0215. The van der Waals surface area contributed by atoms with Gasteiger partial charge in [0.1, 0.15) is 0 Å². The van der Waals surface area contributed by atoms with Gasteiger partial charge in [-0.3, -0.25) is 14.3 Å². The average molecular weight is 507 g/mol. The van der Waals surface area contributed by atoms with Crippen molar-refractivity contribution in [3.05, 3.63) is 83.4 Å². The Hall–Kier alpha value is -3.85. The summed E-state index contributed by atoms with van der Waals surface area (Å²) in [5, 5.41) is 2.61. The van der Waals surface area contributed by atoms with Gasteiger partial charge in [-0.15, -0.1) is 0 Å². The zero-order chi connectivity index (χ0) is 25.9. The number of carbonyl (C=O) groups is 2. The fraction of sp³-hybridized carbons (Fsp3) is 0.259. The second kappa shape index (κ2) is 10.4. The Bertz CT molecular complexity index is 1360. The van der Waals surface area contributed by atoms with Gasteiger partial charge in [0.25, 0.3) is 15.9 Å². The number of sulfonamides is 1. The van der Waals surface area contributed by atoms with Gasteiger partial charge in [0, 0.05) is 37.0 Å². The highest BCUT2D eigenvalue weighted by Gasteiger charge is 2.25. The molecule has 0 spiro atoms. The van der Waals surface area contributed by atoms with Gasteiger partial charge in [-0.2, -0.15) is 0 Å². The Morgan fingerprint density at radius 2 is 1.58 bits per heavy atom. The minimum Gasteiger partial charge on any atom is -0.399 e. The number of amides is 2. The second-order valence-corrected chi connectivity index (χ2v) is 10.8. The molecule has 0 radical (unpaired) electrons. The first-order valence-corrected chi connectivity index (χ1v) is 13.3. The molecular weight excluding hydrogens is 476 g/mol. The first kappa shape index (κ1) is 25.2. The van der Waals surface area contributed by atoms with Crippen molar-refractivity contribution in [1.82, 2.24) is 4.90 Å². The molecule has 0 unspecified atom stereocenters. The zero-order valence-corrected chi connectivity index (χ0v) is 21.1. The molecule has 1 aliphatic heterocycles. The largest absolute Gasteiger partial charge is 0.399 e. The first-order chi connectivity index (χ1) is 17.1. The van der Waals surface area contributed by atoms with E-state index >= 15 is 0 Å². The molecule has 0 aromatic heterocycles. The Kier molecular flexibility index (Phi) is 7.30.